The molecule has 1 aliphatic carbocycles. The lowest BCUT2D eigenvalue weighted by Crippen LogP contribution is -2.41. The summed E-state index contributed by atoms with van der Waals surface area (Å²) in [7, 11) is 1.80. The Morgan fingerprint density at radius 1 is 1.35 bits per heavy atom. The third-order valence-corrected chi connectivity index (χ3v) is 3.76. The molecule has 0 aromatic rings. The van der Waals surface area contributed by atoms with Gasteiger partial charge in [-0.15, -0.1) is 0 Å². The van der Waals surface area contributed by atoms with Gasteiger partial charge in [-0.25, -0.2) is 4.79 Å². The third kappa shape index (κ3) is 2.70. The van der Waals surface area contributed by atoms with Crippen molar-refractivity contribution in [1.82, 2.24) is 9.80 Å². The molecule has 0 unspecified atom stereocenters. The Morgan fingerprint density at radius 2 is 2.00 bits per heavy atom. The van der Waals surface area contributed by atoms with E-state index >= 15 is 0 Å². The van der Waals surface area contributed by atoms with Crippen molar-refractivity contribution in [2.24, 2.45) is 17.8 Å². The standard InChI is InChI=1S/C12H20N2O3/c1-8-5-14(7-10(8)11(15)16)12(17)13(2)6-9-3-4-9/h8-10H,3-7H2,1-2H3,(H,15,16)/t8-,10-/m1/s1. The molecule has 2 amide bonds. The number of carbonyl (C=O) groups is 2. The molecule has 0 spiro atoms. The zero-order valence-electron chi connectivity index (χ0n) is 10.4. The first-order chi connectivity index (χ1) is 7.99. The van der Waals surface area contributed by atoms with Crippen molar-refractivity contribution in [3.8, 4) is 0 Å². The molecule has 17 heavy (non-hydrogen) atoms. The zero-order valence-corrected chi connectivity index (χ0v) is 10.4. The lowest BCUT2D eigenvalue weighted by atomic mass is 9.99. The Labute approximate surface area is 101 Å². The average molecular weight is 240 g/mol. The van der Waals surface area contributed by atoms with Gasteiger partial charge in [0.25, 0.3) is 0 Å². The van der Waals surface area contributed by atoms with E-state index in [1.165, 1.54) is 12.8 Å². The lowest BCUT2D eigenvalue weighted by Gasteiger charge is -2.24. The van der Waals surface area contributed by atoms with E-state index in [1.54, 1.807) is 16.8 Å². The largest absolute Gasteiger partial charge is 0.481 e. The second-order valence-electron chi connectivity index (χ2n) is 5.43. The van der Waals surface area contributed by atoms with Crippen LogP contribution in [0.25, 0.3) is 0 Å². The Balaban J connectivity index is 1.89. The number of carboxylic acids is 1. The summed E-state index contributed by atoms with van der Waals surface area (Å²) in [6.07, 6.45) is 2.43. The molecule has 5 nitrogen and oxygen atoms in total. The monoisotopic (exact) mass is 240 g/mol. The van der Waals surface area contributed by atoms with Gasteiger partial charge in [-0.2, -0.15) is 0 Å². The highest BCUT2D eigenvalue weighted by Crippen LogP contribution is 2.30. The van der Waals surface area contributed by atoms with Gasteiger partial charge in [-0.3, -0.25) is 4.79 Å². The SMILES string of the molecule is C[C@@H]1CN(C(=O)N(C)CC2CC2)C[C@H]1C(=O)O. The fourth-order valence-electron chi connectivity index (χ4n) is 2.45. The van der Waals surface area contributed by atoms with Crippen molar-refractivity contribution in [1.29, 1.82) is 0 Å². The quantitative estimate of drug-likeness (QED) is 0.803. The summed E-state index contributed by atoms with van der Waals surface area (Å²) in [5.41, 5.74) is 0. The molecular formula is C12H20N2O3. The number of nitrogens with zero attached hydrogens (tertiary/aromatic N) is 2. The van der Waals surface area contributed by atoms with Crippen LogP contribution in [-0.2, 0) is 4.79 Å². The maximum atomic E-state index is 12.1. The summed E-state index contributed by atoms with van der Waals surface area (Å²) in [4.78, 5) is 26.5. The summed E-state index contributed by atoms with van der Waals surface area (Å²) >= 11 is 0. The molecule has 0 aromatic carbocycles. The summed E-state index contributed by atoms with van der Waals surface area (Å²) in [6, 6.07) is -0.0208. The van der Waals surface area contributed by atoms with E-state index in [0.29, 0.717) is 19.0 Å². The number of hydrogen-bond acceptors (Lipinski definition) is 2. The summed E-state index contributed by atoms with van der Waals surface area (Å²) < 4.78 is 0. The van der Waals surface area contributed by atoms with Gasteiger partial charge in [-0.05, 0) is 24.7 Å². The van der Waals surface area contributed by atoms with E-state index in [2.05, 4.69) is 0 Å². The smallest absolute Gasteiger partial charge is 0.319 e. The van der Waals surface area contributed by atoms with Crippen LogP contribution < -0.4 is 0 Å². The molecule has 0 aromatic heterocycles. The number of carboxylic acid groups (broad SMARTS) is 1. The highest BCUT2D eigenvalue weighted by atomic mass is 16.4. The maximum Gasteiger partial charge on any atom is 0.319 e. The van der Waals surface area contributed by atoms with Crippen LogP contribution in [0.15, 0.2) is 0 Å². The van der Waals surface area contributed by atoms with E-state index in [1.807, 2.05) is 6.92 Å². The fraction of sp³-hybridized carbons (Fsp3) is 0.833. The van der Waals surface area contributed by atoms with Gasteiger partial charge in [0, 0.05) is 26.7 Å². The first-order valence-electron chi connectivity index (χ1n) is 6.22. The zero-order chi connectivity index (χ0) is 12.6. The van der Waals surface area contributed by atoms with Crippen molar-refractivity contribution >= 4 is 12.0 Å². The molecule has 2 fully saturated rings. The highest BCUT2D eigenvalue weighted by Gasteiger charge is 2.38. The molecule has 96 valence electrons. The van der Waals surface area contributed by atoms with E-state index in [4.69, 9.17) is 5.11 Å². The minimum Gasteiger partial charge on any atom is -0.481 e. The van der Waals surface area contributed by atoms with Crippen molar-refractivity contribution in [3.63, 3.8) is 0 Å². The summed E-state index contributed by atoms with van der Waals surface area (Å²) in [6.45, 7) is 3.61. The van der Waals surface area contributed by atoms with Crippen molar-refractivity contribution in [2.75, 3.05) is 26.7 Å². The van der Waals surface area contributed by atoms with Crippen molar-refractivity contribution in [2.45, 2.75) is 19.8 Å². The molecule has 1 heterocycles. The molecule has 1 N–H and O–H groups in total. The van der Waals surface area contributed by atoms with Crippen LogP contribution in [0.1, 0.15) is 19.8 Å². The van der Waals surface area contributed by atoms with Gasteiger partial charge >= 0.3 is 12.0 Å². The molecule has 1 aliphatic heterocycles. The van der Waals surface area contributed by atoms with Crippen LogP contribution in [-0.4, -0.2) is 53.6 Å². The summed E-state index contributed by atoms with van der Waals surface area (Å²) in [5, 5.41) is 9.03. The fourth-order valence-corrected chi connectivity index (χ4v) is 2.45. The maximum absolute atomic E-state index is 12.1. The van der Waals surface area contributed by atoms with Crippen molar-refractivity contribution < 1.29 is 14.7 Å². The Hall–Kier alpha value is -1.26. The van der Waals surface area contributed by atoms with Crippen LogP contribution in [0.4, 0.5) is 4.79 Å². The second kappa shape index (κ2) is 4.55. The van der Waals surface area contributed by atoms with Crippen LogP contribution in [0.3, 0.4) is 0 Å². The number of amides is 2. The molecule has 0 bridgehead atoms. The minimum atomic E-state index is -0.794. The summed E-state index contributed by atoms with van der Waals surface area (Å²) in [5.74, 6) is -0.490. The van der Waals surface area contributed by atoms with E-state index < -0.39 is 11.9 Å². The number of rotatable bonds is 3. The molecule has 0 radical (unpaired) electrons. The lowest BCUT2D eigenvalue weighted by molar-refractivity contribution is -0.142. The number of aliphatic carboxylic acids is 1. The van der Waals surface area contributed by atoms with E-state index in [0.717, 1.165) is 6.54 Å². The van der Waals surface area contributed by atoms with Crippen LogP contribution in [0, 0.1) is 17.8 Å². The van der Waals surface area contributed by atoms with Crippen LogP contribution >= 0.6 is 0 Å². The van der Waals surface area contributed by atoms with Gasteiger partial charge in [-0.1, -0.05) is 6.92 Å². The average Bonchev–Trinajstić information content (AvgIpc) is 2.97. The minimum absolute atomic E-state index is 0.0208. The van der Waals surface area contributed by atoms with Gasteiger partial charge in [0.2, 0.25) is 0 Å². The topological polar surface area (TPSA) is 60.9 Å². The van der Waals surface area contributed by atoms with Gasteiger partial charge in [0.1, 0.15) is 0 Å². The molecule has 1 saturated heterocycles. The molecule has 1 saturated carbocycles. The number of hydrogen-bond donors (Lipinski definition) is 1. The third-order valence-electron chi connectivity index (χ3n) is 3.76. The molecule has 5 heteroatoms. The Kier molecular flexibility index (Phi) is 3.26. The van der Waals surface area contributed by atoms with E-state index in [9.17, 15) is 9.59 Å². The normalized spacial score (nSPS) is 28.2. The number of carbonyl (C=O) groups excluding carboxylic acids is 1. The highest BCUT2D eigenvalue weighted by molar-refractivity contribution is 5.77. The van der Waals surface area contributed by atoms with Gasteiger partial charge < -0.3 is 14.9 Å². The Bertz CT molecular complexity index is 328. The van der Waals surface area contributed by atoms with Crippen molar-refractivity contribution in [3.05, 3.63) is 0 Å². The number of urea groups is 1. The molecule has 2 aliphatic rings. The first kappa shape index (κ1) is 12.2. The van der Waals surface area contributed by atoms with Crippen LogP contribution in [0.5, 0.6) is 0 Å². The van der Waals surface area contributed by atoms with E-state index in [-0.39, 0.29) is 11.9 Å². The Morgan fingerprint density at radius 3 is 2.47 bits per heavy atom. The van der Waals surface area contributed by atoms with Gasteiger partial charge in [0.05, 0.1) is 5.92 Å². The predicted molar refractivity (Wildman–Crippen MR) is 62.6 cm³/mol. The van der Waals surface area contributed by atoms with Gasteiger partial charge in [0.15, 0.2) is 0 Å². The molecule has 2 atom stereocenters. The second-order valence-corrected chi connectivity index (χ2v) is 5.43. The first-order valence-corrected chi connectivity index (χ1v) is 6.22. The molecular weight excluding hydrogens is 220 g/mol. The van der Waals surface area contributed by atoms with Crippen LogP contribution in [0.2, 0.25) is 0 Å². The number of likely N-dealkylation sites (tertiary alicyclic amines) is 1. The predicted octanol–water partition coefficient (Wildman–Crippen LogP) is 1.10. The molecule has 2 rings (SSSR count).